The van der Waals surface area contributed by atoms with Gasteiger partial charge in [0.25, 0.3) is 0 Å². The fourth-order valence-electron chi connectivity index (χ4n) is 3.01. The number of fused-ring (bicyclic) bond motifs is 1. The summed E-state index contributed by atoms with van der Waals surface area (Å²) in [5, 5.41) is 0. The number of nitrogens with zero attached hydrogens (tertiary/aromatic N) is 2. The van der Waals surface area contributed by atoms with Crippen molar-refractivity contribution in [1.29, 1.82) is 0 Å². The number of hydrogen-bond acceptors (Lipinski definition) is 4. The summed E-state index contributed by atoms with van der Waals surface area (Å²) in [5.74, 6) is -2.41. The maximum Gasteiger partial charge on any atom is 0.200 e. The van der Waals surface area contributed by atoms with Gasteiger partial charge in [-0.1, -0.05) is 48.6 Å². The minimum Gasteiger partial charge on any atom is -0.382 e. The Bertz CT molecular complexity index is 1220. The van der Waals surface area contributed by atoms with Gasteiger partial charge < -0.3 is 5.73 Å². The van der Waals surface area contributed by atoms with Gasteiger partial charge in [-0.25, -0.2) is 13.8 Å². The van der Waals surface area contributed by atoms with Crippen molar-refractivity contribution in [2.24, 2.45) is 0 Å². The van der Waals surface area contributed by atoms with E-state index >= 15 is 0 Å². The number of rotatable bonds is 4. The second-order valence-electron chi connectivity index (χ2n) is 6.11. The van der Waals surface area contributed by atoms with Crippen LogP contribution >= 0.6 is 12.2 Å². The first-order chi connectivity index (χ1) is 13.5. The monoisotopic (exact) mass is 393 g/mol. The molecule has 0 atom stereocenters. The average Bonchev–Trinajstić information content (AvgIpc) is 3.02. The molecule has 4 aromatic rings. The van der Waals surface area contributed by atoms with Crippen LogP contribution in [0.5, 0.6) is 0 Å². The Labute approximate surface area is 164 Å². The van der Waals surface area contributed by atoms with E-state index < -0.39 is 23.0 Å². The van der Waals surface area contributed by atoms with Crippen LogP contribution in [-0.4, -0.2) is 20.0 Å². The van der Waals surface area contributed by atoms with Crippen molar-refractivity contribution >= 4 is 34.3 Å². The fraction of sp³-hybridized carbons (Fsp3) is 0. The van der Waals surface area contributed by atoms with Crippen molar-refractivity contribution in [1.82, 2.24) is 9.38 Å². The molecule has 28 heavy (non-hydrogen) atoms. The Hall–Kier alpha value is -3.45. The highest BCUT2D eigenvalue weighted by molar-refractivity contribution is 7.81. The predicted octanol–water partition coefficient (Wildman–Crippen LogP) is 4.19. The van der Waals surface area contributed by atoms with Crippen LogP contribution in [0.2, 0.25) is 0 Å². The second kappa shape index (κ2) is 6.94. The smallest absolute Gasteiger partial charge is 0.200 e. The maximum atomic E-state index is 14.0. The molecular weight excluding hydrogens is 380 g/mol. The SMILES string of the molecule is Nc1nc2ccc(C(=O)c3c(F)cccc3F)cn2c1C(=S)c1ccccc1. The number of imidazole rings is 1. The van der Waals surface area contributed by atoms with Gasteiger partial charge in [0.1, 0.15) is 23.0 Å². The minimum absolute atomic E-state index is 0.0889. The van der Waals surface area contributed by atoms with Crippen molar-refractivity contribution in [2.75, 3.05) is 5.73 Å². The van der Waals surface area contributed by atoms with E-state index in [1.807, 2.05) is 30.3 Å². The van der Waals surface area contributed by atoms with Crippen LogP contribution in [0.1, 0.15) is 27.2 Å². The number of carbonyl (C=O) groups excluding carboxylic acids is 1. The lowest BCUT2D eigenvalue weighted by atomic mass is 10.0. The van der Waals surface area contributed by atoms with E-state index in [2.05, 4.69) is 4.98 Å². The number of thiocarbonyl (C=S) groups is 1. The fourth-order valence-corrected chi connectivity index (χ4v) is 3.35. The molecule has 2 aromatic heterocycles. The van der Waals surface area contributed by atoms with E-state index in [1.54, 1.807) is 10.5 Å². The Morgan fingerprint density at radius 1 is 0.929 bits per heavy atom. The number of halogens is 2. The summed E-state index contributed by atoms with van der Waals surface area (Å²) in [5.41, 5.74) is 7.21. The van der Waals surface area contributed by atoms with Gasteiger partial charge >= 0.3 is 0 Å². The lowest BCUT2D eigenvalue weighted by Crippen LogP contribution is -2.10. The van der Waals surface area contributed by atoms with Crippen LogP contribution < -0.4 is 5.73 Å². The first-order valence-corrected chi connectivity index (χ1v) is 8.74. The van der Waals surface area contributed by atoms with Gasteiger partial charge in [-0.2, -0.15) is 0 Å². The molecule has 7 heteroatoms. The zero-order valence-corrected chi connectivity index (χ0v) is 15.2. The first kappa shape index (κ1) is 17.9. The van der Waals surface area contributed by atoms with E-state index in [-0.39, 0.29) is 11.4 Å². The second-order valence-corrected chi connectivity index (χ2v) is 6.52. The summed E-state index contributed by atoms with van der Waals surface area (Å²) < 4.78 is 29.6. The number of benzene rings is 2. The number of nitrogens with two attached hydrogens (primary N) is 1. The van der Waals surface area contributed by atoms with Crippen LogP contribution in [0, 0.1) is 11.6 Å². The molecule has 4 rings (SSSR count). The van der Waals surface area contributed by atoms with Crippen LogP contribution in [0.25, 0.3) is 5.65 Å². The molecule has 0 aliphatic rings. The first-order valence-electron chi connectivity index (χ1n) is 8.33. The standard InChI is InChI=1S/C21H13F2N3OS/c22-14-7-4-8-15(23)17(14)19(27)13-9-10-16-25-21(24)18(26(16)11-13)20(28)12-5-2-1-3-6-12/h1-11H,24H2. The highest BCUT2D eigenvalue weighted by Crippen LogP contribution is 2.23. The normalized spacial score (nSPS) is 10.9. The maximum absolute atomic E-state index is 14.0. The molecule has 0 saturated carbocycles. The summed E-state index contributed by atoms with van der Waals surface area (Å²) in [6.45, 7) is 0. The van der Waals surface area contributed by atoms with E-state index in [0.29, 0.717) is 16.2 Å². The number of pyridine rings is 1. The molecule has 0 unspecified atom stereocenters. The molecule has 2 heterocycles. The quantitative estimate of drug-likeness (QED) is 0.417. The number of carbonyl (C=O) groups is 1. The third-order valence-electron chi connectivity index (χ3n) is 4.35. The van der Waals surface area contributed by atoms with Gasteiger partial charge in [-0.3, -0.25) is 9.20 Å². The molecule has 2 N–H and O–H groups in total. The molecule has 0 aliphatic heterocycles. The summed E-state index contributed by atoms with van der Waals surface area (Å²) in [6.07, 6.45) is 1.44. The number of hydrogen-bond donors (Lipinski definition) is 1. The Balaban J connectivity index is 1.86. The summed E-state index contributed by atoms with van der Waals surface area (Å²) in [4.78, 5) is 17.4. The lowest BCUT2D eigenvalue weighted by molar-refractivity contribution is 0.103. The van der Waals surface area contributed by atoms with Crippen molar-refractivity contribution in [3.8, 4) is 0 Å². The molecule has 0 bridgehead atoms. The molecule has 0 fully saturated rings. The van der Waals surface area contributed by atoms with E-state index in [1.165, 1.54) is 18.3 Å². The summed E-state index contributed by atoms with van der Waals surface area (Å²) in [7, 11) is 0. The van der Waals surface area contributed by atoms with Gasteiger partial charge in [-0.15, -0.1) is 0 Å². The molecule has 2 aromatic carbocycles. The molecule has 4 nitrogen and oxygen atoms in total. The highest BCUT2D eigenvalue weighted by Gasteiger charge is 2.21. The summed E-state index contributed by atoms with van der Waals surface area (Å²) >= 11 is 5.55. The Kier molecular flexibility index (Phi) is 4.44. The lowest BCUT2D eigenvalue weighted by Gasteiger charge is -2.08. The topological polar surface area (TPSA) is 60.4 Å². The molecule has 0 aliphatic carbocycles. The zero-order valence-electron chi connectivity index (χ0n) is 14.4. The largest absolute Gasteiger partial charge is 0.382 e. The minimum atomic E-state index is -0.921. The molecule has 0 amide bonds. The number of anilines is 1. The summed E-state index contributed by atoms with van der Waals surface area (Å²) in [6, 6.07) is 15.5. The molecule has 0 saturated heterocycles. The molecule has 0 radical (unpaired) electrons. The Morgan fingerprint density at radius 3 is 2.29 bits per heavy atom. The van der Waals surface area contributed by atoms with Crippen LogP contribution in [-0.2, 0) is 0 Å². The molecular formula is C21H13F2N3OS. The Morgan fingerprint density at radius 2 is 1.61 bits per heavy atom. The van der Waals surface area contributed by atoms with E-state index in [9.17, 15) is 13.6 Å². The van der Waals surface area contributed by atoms with Gasteiger partial charge in [-0.05, 0) is 29.8 Å². The number of ketones is 1. The van der Waals surface area contributed by atoms with E-state index in [0.717, 1.165) is 17.7 Å². The van der Waals surface area contributed by atoms with Crippen molar-refractivity contribution in [2.45, 2.75) is 0 Å². The third-order valence-corrected chi connectivity index (χ3v) is 4.78. The van der Waals surface area contributed by atoms with Gasteiger partial charge in [0.15, 0.2) is 11.6 Å². The predicted molar refractivity (Wildman–Crippen MR) is 107 cm³/mol. The van der Waals surface area contributed by atoms with Gasteiger partial charge in [0.2, 0.25) is 0 Å². The molecule has 0 spiro atoms. The van der Waals surface area contributed by atoms with Crippen molar-refractivity contribution < 1.29 is 13.6 Å². The number of nitrogen functional groups attached to an aromatic ring is 1. The van der Waals surface area contributed by atoms with Crippen LogP contribution in [0.4, 0.5) is 14.6 Å². The van der Waals surface area contributed by atoms with E-state index in [4.69, 9.17) is 18.0 Å². The van der Waals surface area contributed by atoms with Crippen molar-refractivity contribution in [3.05, 3.63) is 101 Å². The van der Waals surface area contributed by atoms with Crippen molar-refractivity contribution in [3.63, 3.8) is 0 Å². The third kappa shape index (κ3) is 2.95. The average molecular weight is 393 g/mol. The van der Waals surface area contributed by atoms with Crippen LogP contribution in [0.15, 0.2) is 66.9 Å². The van der Waals surface area contributed by atoms with Gasteiger partial charge in [0.05, 0.1) is 10.4 Å². The highest BCUT2D eigenvalue weighted by atomic mass is 32.1. The molecule has 138 valence electrons. The van der Waals surface area contributed by atoms with Gasteiger partial charge in [0, 0.05) is 11.8 Å². The van der Waals surface area contributed by atoms with Crippen LogP contribution in [0.3, 0.4) is 0 Å². The zero-order chi connectivity index (χ0) is 19.8. The number of aromatic nitrogens is 2.